The summed E-state index contributed by atoms with van der Waals surface area (Å²) < 4.78 is 8.43. The minimum atomic E-state index is -0.505. The van der Waals surface area contributed by atoms with E-state index in [9.17, 15) is 14.4 Å². The second kappa shape index (κ2) is 7.34. The molecule has 0 N–H and O–H groups in total. The monoisotopic (exact) mass is 394 g/mol. The summed E-state index contributed by atoms with van der Waals surface area (Å²) in [4.78, 5) is 39.4. The second-order valence-electron chi connectivity index (χ2n) is 5.58. The highest BCUT2D eigenvalue weighted by atomic mass is 32.1. The van der Waals surface area contributed by atoms with Crippen molar-refractivity contribution in [3.05, 3.63) is 38.4 Å². The maximum absolute atomic E-state index is 12.4. The Morgan fingerprint density at radius 2 is 1.46 bits per heavy atom. The number of hydrogen-bond acceptors (Lipinski definition) is 6. The molecule has 0 aromatic carbocycles. The first kappa shape index (κ1) is 19.7. The molecule has 1 aliphatic rings. The number of carbonyl (C=O) groups excluding carboxylic acids is 2. The number of thiocarbonyl (C=S) groups is 1. The molecule has 0 unspecified atom stereocenters. The molecule has 2 amide bonds. The Kier molecular flexibility index (Phi) is 5.57. The Labute approximate surface area is 160 Å². The van der Waals surface area contributed by atoms with Crippen LogP contribution in [-0.4, -0.2) is 57.1 Å². The Morgan fingerprint density at radius 3 is 1.96 bits per heavy atom. The summed E-state index contributed by atoms with van der Waals surface area (Å²) >= 11 is 10.2. The molecule has 0 aliphatic carbocycles. The number of likely N-dealkylation sites (N-methyl/N-ethyl adjacent to an activating group) is 2. The smallest absolute Gasteiger partial charge is 0.265 e. The molecule has 2 rings (SSSR count). The average molecular weight is 394 g/mol. The zero-order chi connectivity index (χ0) is 19.8. The number of methoxy groups -OCH3 is 1. The van der Waals surface area contributed by atoms with E-state index in [0.717, 1.165) is 0 Å². The molecule has 2 heterocycles. The summed E-state index contributed by atoms with van der Waals surface area (Å²) in [6.07, 6.45) is 4.26. The molecule has 1 aromatic rings. The van der Waals surface area contributed by atoms with E-state index >= 15 is 0 Å². The summed E-state index contributed by atoms with van der Waals surface area (Å²) in [7, 11) is 7.64. The van der Waals surface area contributed by atoms with E-state index in [-0.39, 0.29) is 27.7 Å². The van der Waals surface area contributed by atoms with Crippen LogP contribution >= 0.6 is 24.4 Å². The molecule has 10 heteroatoms. The molecule has 0 bridgehead atoms. The van der Waals surface area contributed by atoms with Crippen LogP contribution in [0.15, 0.2) is 22.5 Å². The van der Waals surface area contributed by atoms with Crippen molar-refractivity contribution in [3.63, 3.8) is 0 Å². The van der Waals surface area contributed by atoms with Crippen molar-refractivity contribution < 1.29 is 14.3 Å². The van der Waals surface area contributed by atoms with Gasteiger partial charge in [0.05, 0.1) is 7.11 Å². The largest absolute Gasteiger partial charge is 0.482 e. The summed E-state index contributed by atoms with van der Waals surface area (Å²) in [5.74, 6) is -0.729. The van der Waals surface area contributed by atoms with Crippen molar-refractivity contribution in [1.82, 2.24) is 18.9 Å². The quantitative estimate of drug-likeness (QED) is 0.425. The molecule has 1 saturated heterocycles. The lowest BCUT2D eigenvalue weighted by atomic mass is 10.1. The highest BCUT2D eigenvalue weighted by Crippen LogP contribution is 2.17. The number of allylic oxidation sites excluding steroid dienone is 2. The van der Waals surface area contributed by atoms with Crippen LogP contribution in [0.3, 0.4) is 0 Å². The number of nitrogens with zero attached hydrogens (tertiary/aromatic N) is 4. The third-order valence-corrected chi connectivity index (χ3v) is 5.10. The Balaban J connectivity index is 2.52. The van der Waals surface area contributed by atoms with Gasteiger partial charge < -0.3 is 4.74 Å². The fourth-order valence-corrected chi connectivity index (χ4v) is 2.81. The third-order valence-electron chi connectivity index (χ3n) is 4.01. The zero-order valence-electron chi connectivity index (χ0n) is 15.0. The van der Waals surface area contributed by atoms with Crippen molar-refractivity contribution in [3.8, 4) is 5.88 Å². The van der Waals surface area contributed by atoms with Gasteiger partial charge in [-0.3, -0.25) is 33.3 Å². The number of carbonyl (C=O) groups is 2. The predicted octanol–water partition coefficient (Wildman–Crippen LogP) is 0.617. The molecule has 0 saturated carbocycles. The number of amides is 2. The minimum absolute atomic E-state index is 0.0556. The molecule has 1 aromatic heterocycles. The fraction of sp³-hybridized carbons (Fsp3) is 0.312. The van der Waals surface area contributed by atoms with Gasteiger partial charge in [0, 0.05) is 28.2 Å². The van der Waals surface area contributed by atoms with Gasteiger partial charge in [-0.2, -0.15) is 0 Å². The molecule has 26 heavy (non-hydrogen) atoms. The molecule has 0 spiro atoms. The minimum Gasteiger partial charge on any atom is -0.482 e. The molecule has 1 fully saturated rings. The van der Waals surface area contributed by atoms with Crippen molar-refractivity contribution in [2.45, 2.75) is 0 Å². The fourth-order valence-electron chi connectivity index (χ4n) is 2.48. The van der Waals surface area contributed by atoms with Gasteiger partial charge in [0.2, 0.25) is 5.88 Å². The Morgan fingerprint density at radius 1 is 0.923 bits per heavy atom. The van der Waals surface area contributed by atoms with Crippen molar-refractivity contribution in [1.29, 1.82) is 0 Å². The second-order valence-corrected chi connectivity index (χ2v) is 6.31. The Hall–Kier alpha value is -2.59. The average Bonchev–Trinajstić information content (AvgIpc) is 2.63. The number of hydrogen-bond donors (Lipinski definition) is 0. The first-order valence-electron chi connectivity index (χ1n) is 7.45. The van der Waals surface area contributed by atoms with Gasteiger partial charge in [0.25, 0.3) is 17.4 Å². The predicted molar refractivity (Wildman–Crippen MR) is 103 cm³/mol. The van der Waals surface area contributed by atoms with Crippen molar-refractivity contribution in [2.24, 2.45) is 14.1 Å². The number of rotatable bonds is 3. The normalized spacial score (nSPS) is 15.3. The summed E-state index contributed by atoms with van der Waals surface area (Å²) in [6, 6.07) is 0. The van der Waals surface area contributed by atoms with Crippen LogP contribution in [-0.2, 0) is 23.7 Å². The van der Waals surface area contributed by atoms with E-state index in [2.05, 4.69) is 0 Å². The van der Waals surface area contributed by atoms with Crippen molar-refractivity contribution in [2.75, 3.05) is 21.2 Å². The van der Waals surface area contributed by atoms with Crippen LogP contribution in [0.25, 0.3) is 6.08 Å². The lowest BCUT2D eigenvalue weighted by molar-refractivity contribution is -0.132. The highest BCUT2D eigenvalue weighted by molar-refractivity contribution is 7.80. The number of aromatic nitrogens is 2. The van der Waals surface area contributed by atoms with Crippen LogP contribution in [0.5, 0.6) is 5.88 Å². The van der Waals surface area contributed by atoms with Crippen LogP contribution < -0.4 is 10.3 Å². The molecule has 1 aliphatic heterocycles. The standard InChI is InChI=1S/C16H18N4O4S2/c1-17-11(21)9(12(22)18(2)15(17)25)7-6-8-10-13(23)19(3)16(26)20(4)14(10)24-5/h6-8H,1-5H3/b8-6+. The molecular weight excluding hydrogens is 376 g/mol. The lowest BCUT2D eigenvalue weighted by Crippen LogP contribution is -2.52. The van der Waals surface area contributed by atoms with Crippen LogP contribution in [0.1, 0.15) is 5.56 Å². The van der Waals surface area contributed by atoms with Crippen LogP contribution in [0, 0.1) is 4.77 Å². The summed E-state index contributed by atoms with van der Waals surface area (Å²) in [5, 5.41) is 0.129. The maximum atomic E-state index is 12.4. The van der Waals surface area contributed by atoms with Gasteiger partial charge in [0.1, 0.15) is 11.1 Å². The van der Waals surface area contributed by atoms with E-state index in [0.29, 0.717) is 4.77 Å². The van der Waals surface area contributed by atoms with Crippen LogP contribution in [0.2, 0.25) is 0 Å². The molecule has 0 atom stereocenters. The molecular formula is C16H18N4O4S2. The lowest BCUT2D eigenvalue weighted by Gasteiger charge is -2.31. The number of ether oxygens (including phenoxy) is 1. The van der Waals surface area contributed by atoms with E-state index in [1.54, 1.807) is 18.7 Å². The van der Waals surface area contributed by atoms with Gasteiger partial charge in [-0.1, -0.05) is 6.08 Å². The third kappa shape index (κ3) is 3.13. The van der Waals surface area contributed by atoms with Gasteiger partial charge in [-0.25, -0.2) is 0 Å². The van der Waals surface area contributed by atoms with Gasteiger partial charge >= 0.3 is 0 Å². The highest BCUT2D eigenvalue weighted by Gasteiger charge is 2.34. The first-order chi connectivity index (χ1) is 12.1. The van der Waals surface area contributed by atoms with Crippen LogP contribution in [0.4, 0.5) is 0 Å². The van der Waals surface area contributed by atoms with Gasteiger partial charge in [0.15, 0.2) is 9.88 Å². The topological polar surface area (TPSA) is 76.8 Å². The van der Waals surface area contributed by atoms with Crippen molar-refractivity contribution >= 4 is 47.4 Å². The Bertz CT molecular complexity index is 961. The molecule has 138 valence electrons. The summed E-state index contributed by atoms with van der Waals surface area (Å²) in [6.45, 7) is 0. The van der Waals surface area contributed by atoms with Gasteiger partial charge in [-0.15, -0.1) is 0 Å². The SMILES string of the molecule is COc1c(/C=C/C=C2C(=O)N(C)C(=S)N(C)C2=O)c(=O)n(C)c(=S)n1C. The first-order valence-corrected chi connectivity index (χ1v) is 8.27. The summed E-state index contributed by atoms with van der Waals surface area (Å²) in [5.41, 5.74) is -0.160. The van der Waals surface area contributed by atoms with E-state index < -0.39 is 11.8 Å². The van der Waals surface area contributed by atoms with E-state index in [1.807, 2.05) is 0 Å². The van der Waals surface area contributed by atoms with Gasteiger partial charge in [-0.05, 0) is 36.6 Å². The molecule has 8 nitrogen and oxygen atoms in total. The van der Waals surface area contributed by atoms with E-state index in [1.165, 1.54) is 53.8 Å². The zero-order valence-corrected chi connectivity index (χ0v) is 16.6. The van der Waals surface area contributed by atoms with E-state index in [4.69, 9.17) is 29.2 Å². The molecule has 0 radical (unpaired) electrons. The maximum Gasteiger partial charge on any atom is 0.265 e.